The number of sulfonamides is 2. The lowest BCUT2D eigenvalue weighted by molar-refractivity contribution is 0.577. The van der Waals surface area contributed by atoms with E-state index in [-0.39, 0.29) is 5.69 Å². The van der Waals surface area contributed by atoms with Crippen molar-refractivity contribution in [2.24, 2.45) is 10.3 Å². The highest BCUT2D eigenvalue weighted by Gasteiger charge is 2.27. The molecule has 0 amide bonds. The first kappa shape index (κ1) is 13.6. The van der Waals surface area contributed by atoms with Crippen molar-refractivity contribution in [2.75, 3.05) is 0 Å². The summed E-state index contributed by atoms with van der Waals surface area (Å²) in [6, 6.07) is 7.75. The molecule has 0 aliphatic rings. The van der Waals surface area contributed by atoms with Gasteiger partial charge in [0.15, 0.2) is 0 Å². The van der Waals surface area contributed by atoms with Gasteiger partial charge in [0, 0.05) is 0 Å². The summed E-state index contributed by atoms with van der Waals surface area (Å²) in [7, 11) is -8.50. The maximum Gasteiger partial charge on any atom is 0.274 e. The summed E-state index contributed by atoms with van der Waals surface area (Å²) in [6.45, 7) is 0. The van der Waals surface area contributed by atoms with E-state index >= 15 is 0 Å². The predicted octanol–water partition coefficient (Wildman–Crippen LogP) is -1.44. The summed E-state index contributed by atoms with van der Waals surface area (Å²) in [4.78, 5) is 0. The van der Waals surface area contributed by atoms with Crippen LogP contribution in [-0.4, -0.2) is 31.6 Å². The Labute approximate surface area is 109 Å². The molecule has 1 heterocycles. The van der Waals surface area contributed by atoms with Crippen molar-refractivity contribution in [1.82, 2.24) is 14.8 Å². The van der Waals surface area contributed by atoms with Crippen molar-refractivity contribution < 1.29 is 16.8 Å². The Balaban J connectivity index is 2.87. The monoisotopic (exact) mass is 303 g/mol. The van der Waals surface area contributed by atoms with Crippen LogP contribution in [0, 0.1) is 0 Å². The second-order valence-electron chi connectivity index (χ2n) is 3.53. The first-order chi connectivity index (χ1) is 8.71. The van der Waals surface area contributed by atoms with E-state index < -0.39 is 30.4 Å². The largest absolute Gasteiger partial charge is 0.274 e. The van der Waals surface area contributed by atoms with Gasteiger partial charge in [-0.2, -0.15) is 0 Å². The molecule has 0 aliphatic carbocycles. The molecule has 0 atom stereocenters. The van der Waals surface area contributed by atoms with Crippen LogP contribution in [0.5, 0.6) is 0 Å². The first-order valence-electron chi connectivity index (χ1n) is 4.78. The van der Waals surface area contributed by atoms with Crippen molar-refractivity contribution in [3.8, 4) is 5.69 Å². The topological polar surface area (TPSA) is 151 Å². The number of hydrogen-bond acceptors (Lipinski definition) is 6. The molecule has 2 aromatic rings. The summed E-state index contributed by atoms with van der Waals surface area (Å²) in [5.74, 6) is 0. The van der Waals surface area contributed by atoms with Crippen LogP contribution in [0.1, 0.15) is 0 Å². The molecule has 0 fully saturated rings. The van der Waals surface area contributed by atoms with Gasteiger partial charge in [-0.3, -0.25) is 4.57 Å². The Morgan fingerprint density at radius 1 is 0.842 bits per heavy atom. The number of aromatic nitrogens is 3. The molecular formula is C8H9N5O4S2. The molecule has 2 rings (SSSR count). The summed E-state index contributed by atoms with van der Waals surface area (Å²) in [6.07, 6.45) is 0. The van der Waals surface area contributed by atoms with Crippen LogP contribution >= 0.6 is 0 Å². The number of nitrogens with zero attached hydrogens (tertiary/aromatic N) is 3. The lowest BCUT2D eigenvalue weighted by atomic mass is 10.3. The molecule has 9 nitrogen and oxygen atoms in total. The molecule has 1 aromatic heterocycles. The lowest BCUT2D eigenvalue weighted by Crippen LogP contribution is -2.22. The van der Waals surface area contributed by atoms with Gasteiger partial charge in [-0.25, -0.2) is 27.1 Å². The van der Waals surface area contributed by atoms with Crippen molar-refractivity contribution >= 4 is 20.0 Å². The Morgan fingerprint density at radius 3 is 1.63 bits per heavy atom. The van der Waals surface area contributed by atoms with Crippen molar-refractivity contribution in [1.29, 1.82) is 0 Å². The summed E-state index contributed by atoms with van der Waals surface area (Å²) < 4.78 is 46.3. The van der Waals surface area contributed by atoms with E-state index in [9.17, 15) is 16.8 Å². The van der Waals surface area contributed by atoms with Crippen molar-refractivity contribution in [3.63, 3.8) is 0 Å². The van der Waals surface area contributed by atoms with Crippen molar-refractivity contribution in [2.45, 2.75) is 10.3 Å². The minimum Gasteiger partial charge on any atom is -0.254 e. The second kappa shape index (κ2) is 4.38. The fraction of sp³-hybridized carbons (Fsp3) is 0. The van der Waals surface area contributed by atoms with Crippen LogP contribution in [-0.2, 0) is 20.0 Å². The molecule has 0 spiro atoms. The van der Waals surface area contributed by atoms with E-state index in [1.165, 1.54) is 12.1 Å². The number of benzene rings is 1. The molecule has 0 saturated carbocycles. The third kappa shape index (κ3) is 2.63. The zero-order valence-corrected chi connectivity index (χ0v) is 11.0. The summed E-state index contributed by atoms with van der Waals surface area (Å²) in [5, 5.41) is 15.1. The van der Waals surface area contributed by atoms with Crippen molar-refractivity contribution in [3.05, 3.63) is 30.3 Å². The smallest absolute Gasteiger partial charge is 0.254 e. The van der Waals surface area contributed by atoms with Gasteiger partial charge in [0.05, 0.1) is 5.69 Å². The highest BCUT2D eigenvalue weighted by atomic mass is 32.2. The van der Waals surface area contributed by atoms with Gasteiger partial charge < -0.3 is 0 Å². The maximum absolute atomic E-state index is 11.4. The lowest BCUT2D eigenvalue weighted by Gasteiger charge is -2.07. The summed E-state index contributed by atoms with van der Waals surface area (Å²) in [5.41, 5.74) is 0.209. The van der Waals surface area contributed by atoms with Crippen LogP contribution in [0.2, 0.25) is 0 Å². The normalized spacial score (nSPS) is 12.5. The van der Waals surface area contributed by atoms with E-state index in [1.54, 1.807) is 18.2 Å². The standard InChI is InChI=1S/C8H9N5O4S2/c9-18(14,15)7-11-12-8(19(10,16)17)13(7)6-4-2-1-3-5-6/h1-5H,(H2,9,14,15)(H2,10,16,17). The molecule has 0 saturated heterocycles. The minimum absolute atomic E-state index is 0.209. The highest BCUT2D eigenvalue weighted by molar-refractivity contribution is 7.89. The SMILES string of the molecule is NS(=O)(=O)c1nnc(S(N)(=O)=O)n1-c1ccccc1. The van der Waals surface area contributed by atoms with Gasteiger partial charge in [-0.05, 0) is 12.1 Å². The molecule has 0 bridgehead atoms. The van der Waals surface area contributed by atoms with Crippen LogP contribution in [0.15, 0.2) is 40.6 Å². The van der Waals surface area contributed by atoms with Gasteiger partial charge in [0.25, 0.3) is 30.4 Å². The van der Waals surface area contributed by atoms with E-state index in [0.29, 0.717) is 0 Å². The molecule has 0 aliphatic heterocycles. The van der Waals surface area contributed by atoms with Crippen LogP contribution in [0.3, 0.4) is 0 Å². The molecule has 102 valence electrons. The highest BCUT2D eigenvalue weighted by Crippen LogP contribution is 2.18. The molecule has 11 heteroatoms. The molecular weight excluding hydrogens is 294 g/mol. The predicted molar refractivity (Wildman–Crippen MR) is 64.1 cm³/mol. The van der Waals surface area contributed by atoms with E-state index in [0.717, 1.165) is 4.57 Å². The fourth-order valence-corrected chi connectivity index (χ4v) is 2.68. The number of nitrogens with two attached hydrogens (primary N) is 2. The zero-order chi connectivity index (χ0) is 14.3. The van der Waals surface area contributed by atoms with Crippen LogP contribution < -0.4 is 10.3 Å². The van der Waals surface area contributed by atoms with E-state index in [4.69, 9.17) is 10.3 Å². The fourth-order valence-electron chi connectivity index (χ4n) is 1.42. The molecule has 0 radical (unpaired) electrons. The molecule has 19 heavy (non-hydrogen) atoms. The van der Waals surface area contributed by atoms with Crippen LogP contribution in [0.4, 0.5) is 0 Å². The van der Waals surface area contributed by atoms with Gasteiger partial charge in [-0.15, -0.1) is 10.2 Å². The maximum atomic E-state index is 11.4. The minimum atomic E-state index is -4.25. The molecule has 0 unspecified atom stereocenters. The summed E-state index contributed by atoms with van der Waals surface area (Å²) >= 11 is 0. The van der Waals surface area contributed by atoms with Gasteiger partial charge in [0.2, 0.25) is 0 Å². The Bertz CT molecular complexity index is 761. The number of primary sulfonamides is 2. The van der Waals surface area contributed by atoms with Gasteiger partial charge in [-0.1, -0.05) is 18.2 Å². The Hall–Kier alpha value is -1.82. The van der Waals surface area contributed by atoms with E-state index in [2.05, 4.69) is 10.2 Å². The number of hydrogen-bond donors (Lipinski definition) is 2. The van der Waals surface area contributed by atoms with E-state index in [1.807, 2.05) is 0 Å². The van der Waals surface area contributed by atoms with Gasteiger partial charge in [0.1, 0.15) is 0 Å². The third-order valence-electron chi connectivity index (χ3n) is 2.13. The number of para-hydroxylation sites is 1. The average Bonchev–Trinajstić information content (AvgIpc) is 2.73. The zero-order valence-electron chi connectivity index (χ0n) is 9.33. The Kier molecular flexibility index (Phi) is 3.14. The molecule has 4 N–H and O–H groups in total. The third-order valence-corrected chi connectivity index (χ3v) is 3.67. The Morgan fingerprint density at radius 2 is 1.26 bits per heavy atom. The quantitative estimate of drug-likeness (QED) is 0.708. The average molecular weight is 303 g/mol. The number of rotatable bonds is 3. The first-order valence-corrected chi connectivity index (χ1v) is 7.87. The van der Waals surface area contributed by atoms with Gasteiger partial charge >= 0.3 is 0 Å². The molecule has 1 aromatic carbocycles. The van der Waals surface area contributed by atoms with Crippen LogP contribution in [0.25, 0.3) is 5.69 Å². The second-order valence-corrected chi connectivity index (χ2v) is 6.44.